The molecule has 31 heteroatoms. The van der Waals surface area contributed by atoms with Gasteiger partial charge in [-0.1, -0.05) is 31.8 Å². The molecule has 0 radical (unpaired) electrons. The Morgan fingerprint density at radius 2 is 1.62 bits per heavy atom. The number of allylic oxidation sites excluding steroid dienone is 4. The van der Waals surface area contributed by atoms with Gasteiger partial charge in [-0.25, -0.2) is 23.7 Å². The number of fused-ring (bicyclic) bond motifs is 3. The normalized spacial score (nSPS) is 21.4. The van der Waals surface area contributed by atoms with Crippen molar-refractivity contribution in [1.82, 2.24) is 19.9 Å². The van der Waals surface area contributed by atoms with Crippen LogP contribution in [0.4, 0.5) is 17.2 Å². The van der Waals surface area contributed by atoms with Crippen LogP contribution in [0.5, 0.6) is 0 Å². The quantitative estimate of drug-likeness (QED) is 0.0187. The highest BCUT2D eigenvalue weighted by molar-refractivity contribution is 7.86. The topological polar surface area (TPSA) is 390 Å². The number of phosphoric acid groups is 3. The van der Waals surface area contributed by atoms with Gasteiger partial charge in [-0.2, -0.15) is 30.0 Å². The highest BCUT2D eigenvalue weighted by Gasteiger charge is 2.46. The van der Waals surface area contributed by atoms with Crippen LogP contribution < -0.4 is 16.0 Å². The monoisotopic (exact) mass is 1160 g/mol. The third kappa shape index (κ3) is 13.1. The van der Waals surface area contributed by atoms with Gasteiger partial charge in [0.2, 0.25) is 11.6 Å². The molecule has 0 aliphatic carbocycles. The van der Waals surface area contributed by atoms with Crippen LogP contribution in [0.3, 0.4) is 0 Å². The van der Waals surface area contributed by atoms with Crippen LogP contribution in [0.1, 0.15) is 89.6 Å². The summed E-state index contributed by atoms with van der Waals surface area (Å²) in [6, 6.07) is 9.02. The molecule has 7 rings (SSSR count). The van der Waals surface area contributed by atoms with Gasteiger partial charge in [-0.15, -0.1) is 0 Å². The first kappa shape index (κ1) is 58.7. The zero-order valence-electron chi connectivity index (χ0n) is 41.4. The van der Waals surface area contributed by atoms with Crippen LogP contribution in [0.25, 0.3) is 11.0 Å². The number of phosphoric ester groups is 1. The second-order valence-corrected chi connectivity index (χ2v) is 26.1. The number of nitrogens with zero attached hydrogens (tertiary/aromatic N) is 5. The van der Waals surface area contributed by atoms with E-state index in [1.54, 1.807) is 12.1 Å². The van der Waals surface area contributed by atoms with Crippen molar-refractivity contribution in [3.8, 4) is 11.8 Å². The SMILES string of the molecule is CCN1C(=CC=CC2=[N+](CCCCCC(=O)NCC#Cc3cn([C@H]4C[C@H](O)[C@@H](COP(=O)(O)OP(=O)(O)OP(=O)(O)O)O4)c4ncnc(N)c34)c3ccc(S(=O)(=O)O)cc3C2(C)C)C(C)(C)c2cc(S(=O)(=O)O)ccc21. The smallest absolute Gasteiger partial charge is 0.390 e. The summed E-state index contributed by atoms with van der Waals surface area (Å²) in [5.41, 5.74) is 10.1. The molecule has 4 aromatic rings. The first-order valence-electron chi connectivity index (χ1n) is 23.3. The zero-order chi connectivity index (χ0) is 56.0. The molecule has 1 fully saturated rings. The van der Waals surface area contributed by atoms with Crippen molar-refractivity contribution in [2.24, 2.45) is 0 Å². The lowest BCUT2D eigenvalue weighted by atomic mass is 9.81. The highest BCUT2D eigenvalue weighted by Crippen LogP contribution is 2.66. The summed E-state index contributed by atoms with van der Waals surface area (Å²) in [6.07, 6.45) is 6.65. The van der Waals surface area contributed by atoms with Gasteiger partial charge in [0.25, 0.3) is 20.2 Å². The van der Waals surface area contributed by atoms with Crippen LogP contribution in [0, 0.1) is 11.8 Å². The second kappa shape index (κ2) is 22.0. The summed E-state index contributed by atoms with van der Waals surface area (Å²) in [7, 11) is -25.8. The summed E-state index contributed by atoms with van der Waals surface area (Å²) in [5, 5.41) is 13.8. The number of aliphatic hydroxyl groups is 1. The number of anilines is 2. The maximum atomic E-state index is 13.0. The predicted molar refractivity (Wildman–Crippen MR) is 273 cm³/mol. The maximum Gasteiger partial charge on any atom is 0.490 e. The Hall–Kier alpha value is -5.01. The number of unbranched alkanes of at least 4 members (excludes halogenated alkanes) is 2. The Balaban J connectivity index is 0.981. The van der Waals surface area contributed by atoms with E-state index < -0.39 is 79.6 Å². The van der Waals surface area contributed by atoms with Crippen molar-refractivity contribution in [2.75, 3.05) is 36.9 Å². The zero-order valence-corrected chi connectivity index (χ0v) is 45.8. The molecule has 76 heavy (non-hydrogen) atoms. The van der Waals surface area contributed by atoms with Crippen molar-refractivity contribution in [3.63, 3.8) is 0 Å². The third-order valence-electron chi connectivity index (χ3n) is 13.0. The summed E-state index contributed by atoms with van der Waals surface area (Å²) in [6.45, 7) is 9.94. The van der Waals surface area contributed by atoms with E-state index in [-0.39, 0.29) is 46.5 Å². The molecule has 0 spiro atoms. The van der Waals surface area contributed by atoms with Crippen LogP contribution in [0.2, 0.25) is 0 Å². The molecule has 0 bridgehead atoms. The van der Waals surface area contributed by atoms with Gasteiger partial charge in [0, 0.05) is 66.5 Å². The lowest BCUT2D eigenvalue weighted by molar-refractivity contribution is -0.438. The largest absolute Gasteiger partial charge is 0.490 e. The van der Waals surface area contributed by atoms with E-state index in [0.717, 1.165) is 28.3 Å². The minimum absolute atomic E-state index is 0.0469. The van der Waals surface area contributed by atoms with E-state index in [1.165, 1.54) is 41.4 Å². The number of nitrogen functional groups attached to an aromatic ring is 1. The number of carbonyl (C=O) groups is 1. The fraction of sp³-hybridized carbons (Fsp3) is 0.422. The Bertz CT molecular complexity index is 3510. The highest BCUT2D eigenvalue weighted by atomic mass is 32.2. The Kier molecular flexibility index (Phi) is 17.0. The number of nitrogens with one attached hydrogen (secondary N) is 1. The number of likely N-dealkylation sites (N-methyl/N-ethyl adjacent to an activating group) is 1. The number of rotatable bonds is 20. The van der Waals surface area contributed by atoms with Gasteiger partial charge in [0.05, 0.1) is 45.4 Å². The van der Waals surface area contributed by atoms with Crippen molar-refractivity contribution >= 4 is 83.5 Å². The van der Waals surface area contributed by atoms with Gasteiger partial charge in [-0.3, -0.25) is 18.4 Å². The molecule has 2 aromatic heterocycles. The van der Waals surface area contributed by atoms with Crippen LogP contribution in [-0.4, -0.2) is 120 Å². The number of aromatic nitrogens is 3. The molecular formula is C45H57N7O19P3S2+. The number of ether oxygens (including phenoxy) is 1. The number of carbonyl (C=O) groups excluding carboxylic acids is 1. The van der Waals surface area contributed by atoms with Crippen molar-refractivity contribution in [2.45, 2.75) is 106 Å². The Morgan fingerprint density at radius 3 is 2.28 bits per heavy atom. The molecule has 0 saturated carbocycles. The number of nitrogens with two attached hydrogens (primary N) is 1. The van der Waals surface area contributed by atoms with E-state index in [4.69, 9.17) is 20.3 Å². The fourth-order valence-corrected chi connectivity index (χ4v) is 13.5. The molecule has 3 aliphatic heterocycles. The van der Waals surface area contributed by atoms with Crippen LogP contribution in [-0.2, 0) is 67.4 Å². The molecule has 5 heterocycles. The minimum Gasteiger partial charge on any atom is -0.390 e. The standard InChI is InChI=1S/C45H56N7O19P3S2/c1-6-50-33-18-16-29(75(62,63)64)22-31(33)44(2,3)37(50)13-10-14-38-45(4,5)32-23-30(76(65,66)67)17-19-34(32)51(38)21-9-7-8-15-39(54)47-20-11-12-28-25-52(43-41(28)42(46)48-27-49-43)40-24-35(53)36(69-40)26-68-73(58,59)71-74(60,61)70-72(55,56)57/h10,13-14,16-19,22-23,25,27,35-36,40,53H,6-9,15,20-21,24,26H2,1-5H3,(H8-,46,47,48,49,54,55,56,57,58,59,60,61,62,63,64,65,66,67)/p+1/t35-,36+,40+/m0/s1. The summed E-state index contributed by atoms with van der Waals surface area (Å²) < 4.78 is 125. The van der Waals surface area contributed by atoms with Crippen LogP contribution >= 0.6 is 23.5 Å². The molecule has 3 aliphatic rings. The molecule has 5 atom stereocenters. The van der Waals surface area contributed by atoms with Crippen LogP contribution in [0.15, 0.2) is 82.6 Å². The average Bonchev–Trinajstić information content (AvgIpc) is 3.98. The lowest BCUT2D eigenvalue weighted by Crippen LogP contribution is -2.28. The van der Waals surface area contributed by atoms with E-state index in [9.17, 15) is 59.3 Å². The van der Waals surface area contributed by atoms with E-state index in [0.29, 0.717) is 48.9 Å². The number of hydrogen-bond acceptors (Lipinski definition) is 17. The Labute approximate surface area is 437 Å². The van der Waals surface area contributed by atoms with E-state index >= 15 is 0 Å². The molecule has 412 valence electrons. The van der Waals surface area contributed by atoms with Gasteiger partial charge in [0.1, 0.15) is 36.7 Å². The molecule has 1 saturated heterocycles. The molecule has 26 nitrogen and oxygen atoms in total. The minimum atomic E-state index is -5.77. The lowest BCUT2D eigenvalue weighted by Gasteiger charge is -2.25. The number of hydrogen-bond donors (Lipinski definition) is 9. The first-order chi connectivity index (χ1) is 35.2. The second-order valence-electron chi connectivity index (χ2n) is 18.9. The summed E-state index contributed by atoms with van der Waals surface area (Å²) in [4.78, 5) is 59.7. The van der Waals surface area contributed by atoms with Gasteiger partial charge < -0.3 is 49.9 Å². The fourth-order valence-electron chi connectivity index (χ4n) is 9.47. The maximum absolute atomic E-state index is 13.0. The molecule has 2 aromatic carbocycles. The molecule has 1 amide bonds. The molecule has 2 unspecified atom stereocenters. The third-order valence-corrected chi connectivity index (χ3v) is 18.5. The molecule has 10 N–H and O–H groups in total. The van der Waals surface area contributed by atoms with Gasteiger partial charge in [0.15, 0.2) is 5.71 Å². The van der Waals surface area contributed by atoms with Crippen molar-refractivity contribution in [1.29, 1.82) is 0 Å². The molecular weight excluding hydrogens is 1100 g/mol. The van der Waals surface area contributed by atoms with Crippen molar-refractivity contribution in [3.05, 3.63) is 89.5 Å². The summed E-state index contributed by atoms with van der Waals surface area (Å²) >= 11 is 0. The number of aliphatic hydroxyl groups excluding tert-OH is 1. The summed E-state index contributed by atoms with van der Waals surface area (Å²) in [5.74, 6) is 5.59. The first-order valence-corrected chi connectivity index (χ1v) is 30.7. The van der Waals surface area contributed by atoms with E-state index in [1.807, 2.05) is 52.8 Å². The average molecular weight is 1160 g/mol. The van der Waals surface area contributed by atoms with E-state index in [2.05, 4.69) is 49.7 Å². The van der Waals surface area contributed by atoms with Crippen molar-refractivity contribution < 1.29 is 91.6 Å². The Morgan fingerprint density at radius 1 is 0.947 bits per heavy atom. The van der Waals surface area contributed by atoms with Gasteiger partial charge in [-0.05, 0) is 75.6 Å². The number of benzene rings is 2. The predicted octanol–water partition coefficient (Wildman–Crippen LogP) is 4.86. The van der Waals surface area contributed by atoms with Gasteiger partial charge >= 0.3 is 23.5 Å². The number of amides is 1.